The van der Waals surface area contributed by atoms with E-state index in [1.807, 2.05) is 13.8 Å². The second kappa shape index (κ2) is 6.18. The van der Waals surface area contributed by atoms with Crippen molar-refractivity contribution in [3.63, 3.8) is 0 Å². The lowest BCUT2D eigenvalue weighted by Crippen LogP contribution is -2.14. The van der Waals surface area contributed by atoms with E-state index in [9.17, 15) is 13.6 Å². The summed E-state index contributed by atoms with van der Waals surface area (Å²) in [4.78, 5) is 16.2. The maximum absolute atomic E-state index is 13.5. The van der Waals surface area contributed by atoms with Crippen molar-refractivity contribution in [2.45, 2.75) is 19.8 Å². The molecule has 2 rings (SSSR count). The molecule has 1 amide bonds. The smallest absolute Gasteiger partial charge is 0.255 e. The van der Waals surface area contributed by atoms with Crippen LogP contribution in [0.2, 0.25) is 5.15 Å². The number of carbonyl (C=O) groups excluding carboxylic acids is 1. The standard InChI is InChI=1S/C15H13ClF2N2O/c1-8(2)12-5-9(6-14(16)19-12)15(21)20-13-7-10(17)3-4-11(13)18/h3-8H,1-2H3,(H,20,21). The monoisotopic (exact) mass is 310 g/mol. The van der Waals surface area contributed by atoms with E-state index >= 15 is 0 Å². The van der Waals surface area contributed by atoms with Crippen LogP contribution >= 0.6 is 11.6 Å². The van der Waals surface area contributed by atoms with E-state index in [4.69, 9.17) is 11.6 Å². The van der Waals surface area contributed by atoms with Gasteiger partial charge in [-0.3, -0.25) is 4.79 Å². The molecule has 2 aromatic rings. The lowest BCUT2D eigenvalue weighted by molar-refractivity contribution is 0.102. The van der Waals surface area contributed by atoms with Gasteiger partial charge in [-0.25, -0.2) is 13.8 Å². The number of nitrogens with one attached hydrogen (secondary N) is 1. The minimum absolute atomic E-state index is 0.0844. The van der Waals surface area contributed by atoms with Crippen molar-refractivity contribution in [3.05, 3.63) is 58.4 Å². The molecule has 110 valence electrons. The maximum Gasteiger partial charge on any atom is 0.255 e. The van der Waals surface area contributed by atoms with Crippen LogP contribution in [0.15, 0.2) is 30.3 Å². The van der Waals surface area contributed by atoms with E-state index in [0.29, 0.717) is 5.69 Å². The number of halogens is 3. The van der Waals surface area contributed by atoms with Gasteiger partial charge in [-0.1, -0.05) is 25.4 Å². The van der Waals surface area contributed by atoms with Crippen molar-refractivity contribution in [1.29, 1.82) is 0 Å². The third-order valence-electron chi connectivity index (χ3n) is 2.84. The SMILES string of the molecule is CC(C)c1cc(C(=O)Nc2cc(F)ccc2F)cc(Cl)n1. The Labute approximate surface area is 126 Å². The van der Waals surface area contributed by atoms with E-state index in [0.717, 1.165) is 18.2 Å². The average Bonchev–Trinajstić information content (AvgIpc) is 2.42. The predicted octanol–water partition coefficient (Wildman–Crippen LogP) is 4.39. The largest absolute Gasteiger partial charge is 0.319 e. The average molecular weight is 311 g/mol. The zero-order valence-electron chi connectivity index (χ0n) is 11.5. The van der Waals surface area contributed by atoms with Crippen LogP contribution in [0.25, 0.3) is 0 Å². The molecule has 6 heteroatoms. The normalized spacial score (nSPS) is 10.8. The van der Waals surface area contributed by atoms with Crippen molar-refractivity contribution >= 4 is 23.2 Å². The van der Waals surface area contributed by atoms with Gasteiger partial charge < -0.3 is 5.32 Å². The molecule has 1 aromatic heterocycles. The Hall–Kier alpha value is -2.01. The number of hydrogen-bond acceptors (Lipinski definition) is 2. The molecule has 0 saturated carbocycles. The predicted molar refractivity (Wildman–Crippen MR) is 77.6 cm³/mol. The van der Waals surface area contributed by atoms with Crippen LogP contribution in [-0.4, -0.2) is 10.9 Å². The Morgan fingerprint density at radius 1 is 1.24 bits per heavy atom. The summed E-state index contributed by atoms with van der Waals surface area (Å²) in [5, 5.41) is 2.49. The third-order valence-corrected chi connectivity index (χ3v) is 3.04. The molecule has 0 aliphatic heterocycles. The fraction of sp³-hybridized carbons (Fsp3) is 0.200. The van der Waals surface area contributed by atoms with Crippen LogP contribution in [0, 0.1) is 11.6 Å². The van der Waals surface area contributed by atoms with Crippen LogP contribution in [0.1, 0.15) is 35.8 Å². The summed E-state index contributed by atoms with van der Waals surface area (Å²) in [7, 11) is 0. The molecule has 0 aliphatic rings. The van der Waals surface area contributed by atoms with E-state index in [1.165, 1.54) is 6.07 Å². The summed E-state index contributed by atoms with van der Waals surface area (Å²) >= 11 is 5.87. The minimum atomic E-state index is -0.714. The van der Waals surface area contributed by atoms with Crippen molar-refractivity contribution < 1.29 is 13.6 Å². The molecule has 0 saturated heterocycles. The number of aromatic nitrogens is 1. The molecular formula is C15H13ClF2N2O. The number of amides is 1. The first-order chi connectivity index (χ1) is 9.86. The number of pyridine rings is 1. The van der Waals surface area contributed by atoms with Crippen LogP contribution in [0.5, 0.6) is 0 Å². The van der Waals surface area contributed by atoms with Crippen LogP contribution in [0.3, 0.4) is 0 Å². The lowest BCUT2D eigenvalue weighted by atomic mass is 10.1. The second-order valence-electron chi connectivity index (χ2n) is 4.84. The summed E-state index contributed by atoms with van der Waals surface area (Å²) in [5.41, 5.74) is 0.661. The molecule has 0 radical (unpaired) electrons. The van der Waals surface area contributed by atoms with Gasteiger partial charge in [-0.2, -0.15) is 0 Å². The lowest BCUT2D eigenvalue weighted by Gasteiger charge is -2.10. The highest BCUT2D eigenvalue weighted by Crippen LogP contribution is 2.20. The summed E-state index contributed by atoms with van der Waals surface area (Å²) < 4.78 is 26.6. The minimum Gasteiger partial charge on any atom is -0.319 e. The zero-order chi connectivity index (χ0) is 15.6. The van der Waals surface area contributed by atoms with Crippen LogP contribution < -0.4 is 5.32 Å². The number of nitrogens with zero attached hydrogens (tertiary/aromatic N) is 1. The molecule has 0 atom stereocenters. The summed E-state index contributed by atoms with van der Waals surface area (Å²) in [6.45, 7) is 3.82. The third kappa shape index (κ3) is 3.76. The molecule has 1 heterocycles. The number of rotatable bonds is 3. The van der Waals surface area contributed by atoms with E-state index < -0.39 is 17.5 Å². The van der Waals surface area contributed by atoms with Crippen molar-refractivity contribution in [2.24, 2.45) is 0 Å². The van der Waals surface area contributed by atoms with Gasteiger partial charge in [0.15, 0.2) is 0 Å². The number of anilines is 1. The van der Waals surface area contributed by atoms with Gasteiger partial charge in [0, 0.05) is 17.3 Å². The van der Waals surface area contributed by atoms with Crippen molar-refractivity contribution in [2.75, 3.05) is 5.32 Å². The van der Waals surface area contributed by atoms with Gasteiger partial charge >= 0.3 is 0 Å². The zero-order valence-corrected chi connectivity index (χ0v) is 12.2. The highest BCUT2D eigenvalue weighted by molar-refractivity contribution is 6.29. The second-order valence-corrected chi connectivity index (χ2v) is 5.22. The quantitative estimate of drug-likeness (QED) is 0.854. The first-order valence-corrected chi connectivity index (χ1v) is 6.68. The molecule has 3 nitrogen and oxygen atoms in total. The Balaban J connectivity index is 2.30. The van der Waals surface area contributed by atoms with Gasteiger partial charge in [-0.15, -0.1) is 0 Å². The van der Waals surface area contributed by atoms with Gasteiger partial charge in [0.25, 0.3) is 5.91 Å². The molecule has 0 unspecified atom stereocenters. The number of hydrogen-bond donors (Lipinski definition) is 1. The number of carbonyl (C=O) groups is 1. The fourth-order valence-electron chi connectivity index (χ4n) is 1.73. The molecule has 0 aliphatic carbocycles. The van der Waals surface area contributed by atoms with Gasteiger partial charge in [0.05, 0.1) is 5.69 Å². The fourth-order valence-corrected chi connectivity index (χ4v) is 1.95. The van der Waals surface area contributed by atoms with E-state index in [2.05, 4.69) is 10.3 Å². The highest BCUT2D eigenvalue weighted by Gasteiger charge is 2.13. The van der Waals surface area contributed by atoms with E-state index in [1.54, 1.807) is 6.07 Å². The molecule has 0 fully saturated rings. The van der Waals surface area contributed by atoms with Crippen LogP contribution in [-0.2, 0) is 0 Å². The van der Waals surface area contributed by atoms with Gasteiger partial charge in [0.2, 0.25) is 0 Å². The van der Waals surface area contributed by atoms with Gasteiger partial charge in [-0.05, 0) is 30.2 Å². The van der Waals surface area contributed by atoms with Gasteiger partial charge in [0.1, 0.15) is 16.8 Å². The Morgan fingerprint density at radius 2 is 1.95 bits per heavy atom. The Kier molecular flexibility index (Phi) is 4.53. The molecule has 21 heavy (non-hydrogen) atoms. The van der Waals surface area contributed by atoms with Crippen LogP contribution in [0.4, 0.5) is 14.5 Å². The van der Waals surface area contributed by atoms with Crippen molar-refractivity contribution in [3.8, 4) is 0 Å². The molecular weight excluding hydrogens is 298 g/mol. The highest BCUT2D eigenvalue weighted by atomic mass is 35.5. The van der Waals surface area contributed by atoms with Crippen molar-refractivity contribution in [1.82, 2.24) is 4.98 Å². The molecule has 1 N–H and O–H groups in total. The first kappa shape index (κ1) is 15.4. The topological polar surface area (TPSA) is 42.0 Å². The Bertz CT molecular complexity index is 689. The van der Waals surface area contributed by atoms with E-state index in [-0.39, 0.29) is 22.3 Å². The first-order valence-electron chi connectivity index (χ1n) is 6.30. The Morgan fingerprint density at radius 3 is 2.62 bits per heavy atom. The summed E-state index contributed by atoms with van der Waals surface area (Å²) in [6.07, 6.45) is 0. The summed E-state index contributed by atoms with van der Waals surface area (Å²) in [6, 6.07) is 5.79. The molecule has 0 spiro atoms. The number of benzene rings is 1. The maximum atomic E-state index is 13.5. The molecule has 1 aromatic carbocycles. The summed E-state index contributed by atoms with van der Waals surface area (Å²) in [5.74, 6) is -1.84. The molecule has 0 bridgehead atoms.